The van der Waals surface area contributed by atoms with Gasteiger partial charge in [0, 0.05) is 25.2 Å². The summed E-state index contributed by atoms with van der Waals surface area (Å²) in [7, 11) is 4.02. The second-order valence-corrected chi connectivity index (χ2v) is 4.53. The van der Waals surface area contributed by atoms with Crippen LogP contribution < -0.4 is 4.90 Å². The van der Waals surface area contributed by atoms with Crippen LogP contribution in [0.5, 0.6) is 0 Å². The van der Waals surface area contributed by atoms with Crippen molar-refractivity contribution in [3.05, 3.63) is 23.9 Å². The highest BCUT2D eigenvalue weighted by Gasteiger charge is 2.15. The summed E-state index contributed by atoms with van der Waals surface area (Å²) >= 11 is 0. The monoisotopic (exact) mass is 306 g/mol. The number of hydrogen-bond acceptors (Lipinski definition) is 2. The molecule has 0 saturated heterocycles. The van der Waals surface area contributed by atoms with Gasteiger partial charge in [-0.05, 0) is 12.1 Å². The average Bonchev–Trinajstić information content (AvgIpc) is 2.03. The molecule has 1 heterocycles. The molecule has 3 heteroatoms. The molecule has 0 aliphatic carbocycles. The van der Waals surface area contributed by atoms with Crippen LogP contribution in [0.25, 0.3) is 0 Å². The van der Waals surface area contributed by atoms with Crippen molar-refractivity contribution >= 4 is 29.8 Å². The lowest BCUT2D eigenvalue weighted by Crippen LogP contribution is -2.17. The van der Waals surface area contributed by atoms with Crippen LogP contribution in [0.3, 0.4) is 0 Å². The molecule has 0 saturated carbocycles. The van der Waals surface area contributed by atoms with Gasteiger partial charge in [-0.1, -0.05) is 26.8 Å². The second kappa shape index (κ2) is 4.96. The molecule has 0 atom stereocenters. The molecule has 0 amide bonds. The summed E-state index contributed by atoms with van der Waals surface area (Å²) in [6.07, 6.45) is 0. The van der Waals surface area contributed by atoms with Gasteiger partial charge >= 0.3 is 0 Å². The summed E-state index contributed by atoms with van der Waals surface area (Å²) in [5.74, 6) is 1.02. The Kier molecular flexibility index (Phi) is 4.84. The van der Waals surface area contributed by atoms with Crippen molar-refractivity contribution in [1.82, 2.24) is 4.98 Å². The second-order valence-electron chi connectivity index (χ2n) is 4.53. The van der Waals surface area contributed by atoms with Crippen LogP contribution in [0, 0.1) is 0 Å². The number of pyridine rings is 1. The van der Waals surface area contributed by atoms with Crippen LogP contribution in [0.4, 0.5) is 5.82 Å². The third kappa shape index (κ3) is 3.44. The molecule has 0 spiro atoms. The summed E-state index contributed by atoms with van der Waals surface area (Å²) in [5, 5.41) is 0. The zero-order valence-electron chi connectivity index (χ0n) is 9.53. The van der Waals surface area contributed by atoms with E-state index in [0.29, 0.717) is 0 Å². The molecule has 0 radical (unpaired) electrons. The number of nitrogens with zero attached hydrogens (tertiary/aromatic N) is 2. The van der Waals surface area contributed by atoms with Crippen molar-refractivity contribution in [1.29, 1.82) is 0 Å². The Morgan fingerprint density at radius 2 is 1.71 bits per heavy atom. The van der Waals surface area contributed by atoms with E-state index in [1.165, 1.54) is 0 Å². The Morgan fingerprint density at radius 1 is 1.14 bits per heavy atom. The Bertz CT molecular complexity index is 290. The lowest BCUT2D eigenvalue weighted by molar-refractivity contribution is 0.569. The highest BCUT2D eigenvalue weighted by molar-refractivity contribution is 14.0. The minimum absolute atomic E-state index is 0. The van der Waals surface area contributed by atoms with Gasteiger partial charge in [-0.15, -0.1) is 24.0 Å². The molecule has 0 fully saturated rings. The quantitative estimate of drug-likeness (QED) is 0.741. The molecule has 0 aromatic carbocycles. The predicted octanol–water partition coefficient (Wildman–Crippen LogP) is 3.06. The lowest BCUT2D eigenvalue weighted by Gasteiger charge is -2.20. The predicted molar refractivity (Wildman–Crippen MR) is 72.7 cm³/mol. The zero-order chi connectivity index (χ0) is 10.1. The molecule has 1 aromatic heterocycles. The SMILES string of the molecule is CN(C)c1cccc(C(C)(C)C)n1.I. The standard InChI is InChI=1S/C11H18N2.HI/c1-11(2,3)9-7-6-8-10(12-9)13(4)5;/h6-8H,1-5H3;1H. The minimum Gasteiger partial charge on any atom is -0.363 e. The molecule has 0 unspecified atom stereocenters. The third-order valence-electron chi connectivity index (χ3n) is 1.96. The highest BCUT2D eigenvalue weighted by atomic mass is 127. The van der Waals surface area contributed by atoms with E-state index in [-0.39, 0.29) is 29.4 Å². The van der Waals surface area contributed by atoms with Crippen molar-refractivity contribution in [3.63, 3.8) is 0 Å². The van der Waals surface area contributed by atoms with Crippen LogP contribution in [0.15, 0.2) is 18.2 Å². The van der Waals surface area contributed by atoms with E-state index in [9.17, 15) is 0 Å². The van der Waals surface area contributed by atoms with Crippen molar-refractivity contribution < 1.29 is 0 Å². The van der Waals surface area contributed by atoms with E-state index in [2.05, 4.69) is 37.9 Å². The maximum Gasteiger partial charge on any atom is 0.128 e. The molecular formula is C11H19IN2. The highest BCUT2D eigenvalue weighted by Crippen LogP contribution is 2.21. The molecular weight excluding hydrogens is 287 g/mol. The summed E-state index contributed by atoms with van der Waals surface area (Å²) in [6.45, 7) is 6.53. The Balaban J connectivity index is 0.00000169. The molecule has 0 aliphatic heterocycles. The smallest absolute Gasteiger partial charge is 0.128 e. The van der Waals surface area contributed by atoms with Crippen molar-refractivity contribution in [3.8, 4) is 0 Å². The largest absolute Gasteiger partial charge is 0.363 e. The van der Waals surface area contributed by atoms with E-state index >= 15 is 0 Å². The molecule has 1 aromatic rings. The van der Waals surface area contributed by atoms with Gasteiger partial charge in [0.2, 0.25) is 0 Å². The van der Waals surface area contributed by atoms with Crippen LogP contribution >= 0.6 is 24.0 Å². The van der Waals surface area contributed by atoms with Gasteiger partial charge in [0.05, 0.1) is 0 Å². The van der Waals surface area contributed by atoms with Gasteiger partial charge in [-0.25, -0.2) is 4.98 Å². The first-order valence-electron chi connectivity index (χ1n) is 4.56. The van der Waals surface area contributed by atoms with E-state index in [1.54, 1.807) is 0 Å². The molecule has 0 N–H and O–H groups in total. The number of anilines is 1. The normalized spacial score (nSPS) is 10.6. The molecule has 14 heavy (non-hydrogen) atoms. The van der Waals surface area contributed by atoms with Gasteiger partial charge in [-0.3, -0.25) is 0 Å². The topological polar surface area (TPSA) is 16.1 Å². The van der Waals surface area contributed by atoms with Gasteiger partial charge in [0.25, 0.3) is 0 Å². The fourth-order valence-corrected chi connectivity index (χ4v) is 1.09. The maximum atomic E-state index is 4.57. The number of rotatable bonds is 1. The molecule has 80 valence electrons. The summed E-state index contributed by atoms with van der Waals surface area (Å²) < 4.78 is 0. The fraction of sp³-hybridized carbons (Fsp3) is 0.545. The van der Waals surface area contributed by atoms with Gasteiger partial charge in [0.15, 0.2) is 0 Å². The maximum absolute atomic E-state index is 4.57. The molecule has 1 rings (SSSR count). The van der Waals surface area contributed by atoms with Gasteiger partial charge < -0.3 is 4.90 Å². The van der Waals surface area contributed by atoms with Crippen LogP contribution in [-0.4, -0.2) is 19.1 Å². The Hall–Kier alpha value is -0.320. The van der Waals surface area contributed by atoms with E-state index < -0.39 is 0 Å². The minimum atomic E-state index is 0. The van der Waals surface area contributed by atoms with Gasteiger partial charge in [-0.2, -0.15) is 0 Å². The van der Waals surface area contributed by atoms with E-state index in [0.717, 1.165) is 11.5 Å². The Morgan fingerprint density at radius 3 is 2.14 bits per heavy atom. The van der Waals surface area contributed by atoms with Crippen LogP contribution in [0.2, 0.25) is 0 Å². The van der Waals surface area contributed by atoms with Gasteiger partial charge in [0.1, 0.15) is 5.82 Å². The zero-order valence-corrected chi connectivity index (χ0v) is 11.9. The Labute approximate surface area is 104 Å². The van der Waals surface area contributed by atoms with Crippen molar-refractivity contribution in [2.75, 3.05) is 19.0 Å². The first kappa shape index (κ1) is 13.7. The fourth-order valence-electron chi connectivity index (χ4n) is 1.09. The molecule has 0 aliphatic rings. The number of hydrogen-bond donors (Lipinski definition) is 0. The van der Waals surface area contributed by atoms with Crippen LogP contribution in [0.1, 0.15) is 26.5 Å². The number of halogens is 1. The van der Waals surface area contributed by atoms with Crippen LogP contribution in [-0.2, 0) is 5.41 Å². The first-order chi connectivity index (χ1) is 5.91. The first-order valence-corrected chi connectivity index (χ1v) is 4.56. The van der Waals surface area contributed by atoms with E-state index in [4.69, 9.17) is 0 Å². The average molecular weight is 306 g/mol. The lowest BCUT2D eigenvalue weighted by atomic mass is 9.92. The third-order valence-corrected chi connectivity index (χ3v) is 1.96. The summed E-state index contributed by atoms with van der Waals surface area (Å²) in [6, 6.07) is 6.16. The van der Waals surface area contributed by atoms with Crippen molar-refractivity contribution in [2.45, 2.75) is 26.2 Å². The molecule has 2 nitrogen and oxygen atoms in total. The van der Waals surface area contributed by atoms with Crippen molar-refractivity contribution in [2.24, 2.45) is 0 Å². The number of aromatic nitrogens is 1. The summed E-state index contributed by atoms with van der Waals surface area (Å²) in [5.41, 5.74) is 1.27. The molecule has 0 bridgehead atoms. The van der Waals surface area contributed by atoms with E-state index in [1.807, 2.05) is 25.1 Å². The summed E-state index contributed by atoms with van der Waals surface area (Å²) in [4.78, 5) is 6.59.